The van der Waals surface area contributed by atoms with E-state index in [-0.39, 0.29) is 5.91 Å². The van der Waals surface area contributed by atoms with Crippen LogP contribution in [0.15, 0.2) is 12.3 Å². The van der Waals surface area contributed by atoms with E-state index in [1.807, 2.05) is 20.2 Å². The number of nitrogens with one attached hydrogen (secondary N) is 2. The van der Waals surface area contributed by atoms with Gasteiger partial charge in [0.2, 0.25) is 5.91 Å². The second kappa shape index (κ2) is 5.20. The number of carbonyl (C=O) groups excluding carboxylic acids is 1. The highest BCUT2D eigenvalue weighted by Gasteiger charge is 2.22. The zero-order chi connectivity index (χ0) is 14.1. The molecule has 0 atom stereocenters. The highest BCUT2D eigenvalue weighted by molar-refractivity contribution is 5.79. The summed E-state index contributed by atoms with van der Waals surface area (Å²) in [6, 6.07) is 2.50. The zero-order valence-electron chi connectivity index (χ0n) is 11.8. The number of hydrogen-bond acceptors (Lipinski definition) is 4. The smallest absolute Gasteiger partial charge is 0.234 e. The number of rotatable bonds is 5. The quantitative estimate of drug-likeness (QED) is 0.839. The van der Waals surface area contributed by atoms with E-state index in [0.29, 0.717) is 19.1 Å². The molecule has 2 aromatic heterocycles. The van der Waals surface area contributed by atoms with Gasteiger partial charge in [-0.3, -0.25) is 9.48 Å². The first-order chi connectivity index (χ1) is 9.63. The minimum absolute atomic E-state index is 0.0686. The van der Waals surface area contributed by atoms with Crippen LogP contribution in [0, 0.1) is 6.92 Å². The molecule has 6 heteroatoms. The standard InChI is InChI=1S/C14H19N5O/c1-9-12-5-10(7-16-14(12)19(2)18-9)6-15-8-13(20)17-11-3-4-11/h5,7,11,15H,3-4,6,8H2,1-2H3,(H,17,20). The third-order valence-corrected chi connectivity index (χ3v) is 3.48. The number of carbonyl (C=O) groups is 1. The third kappa shape index (κ3) is 2.80. The number of aromatic nitrogens is 3. The topological polar surface area (TPSA) is 71.8 Å². The fourth-order valence-electron chi connectivity index (χ4n) is 2.27. The average Bonchev–Trinajstić information content (AvgIpc) is 3.17. The molecule has 1 aliphatic carbocycles. The Labute approximate surface area is 117 Å². The fraction of sp³-hybridized carbons (Fsp3) is 0.500. The van der Waals surface area contributed by atoms with Crippen molar-refractivity contribution in [2.24, 2.45) is 7.05 Å². The highest BCUT2D eigenvalue weighted by Crippen LogP contribution is 2.18. The van der Waals surface area contributed by atoms with E-state index in [1.165, 1.54) is 0 Å². The lowest BCUT2D eigenvalue weighted by Gasteiger charge is -2.06. The van der Waals surface area contributed by atoms with Crippen LogP contribution in [0.5, 0.6) is 0 Å². The van der Waals surface area contributed by atoms with Crippen LogP contribution < -0.4 is 10.6 Å². The predicted octanol–water partition coefficient (Wildman–Crippen LogP) is 0.645. The molecule has 1 amide bonds. The largest absolute Gasteiger partial charge is 0.352 e. The Morgan fingerprint density at radius 3 is 3.05 bits per heavy atom. The zero-order valence-corrected chi connectivity index (χ0v) is 11.8. The maximum Gasteiger partial charge on any atom is 0.234 e. The third-order valence-electron chi connectivity index (χ3n) is 3.48. The molecule has 2 aromatic rings. The molecule has 0 saturated heterocycles. The van der Waals surface area contributed by atoms with Gasteiger partial charge in [-0.25, -0.2) is 4.98 Å². The first-order valence-corrected chi connectivity index (χ1v) is 6.92. The Kier molecular flexibility index (Phi) is 3.40. The molecule has 3 rings (SSSR count). The molecule has 106 valence electrons. The van der Waals surface area contributed by atoms with E-state index in [2.05, 4.69) is 26.8 Å². The molecule has 0 aliphatic heterocycles. The molecule has 2 N–H and O–H groups in total. The molecular weight excluding hydrogens is 254 g/mol. The number of fused-ring (bicyclic) bond motifs is 1. The molecule has 1 aliphatic rings. The van der Waals surface area contributed by atoms with Crippen LogP contribution >= 0.6 is 0 Å². The number of amides is 1. The summed E-state index contributed by atoms with van der Waals surface area (Å²) in [6.07, 6.45) is 4.06. The summed E-state index contributed by atoms with van der Waals surface area (Å²) in [5.74, 6) is 0.0686. The second-order valence-corrected chi connectivity index (χ2v) is 5.37. The van der Waals surface area contributed by atoms with Gasteiger partial charge in [-0.15, -0.1) is 0 Å². The summed E-state index contributed by atoms with van der Waals surface area (Å²) in [4.78, 5) is 16.0. The molecule has 0 unspecified atom stereocenters. The molecule has 0 spiro atoms. The fourth-order valence-corrected chi connectivity index (χ4v) is 2.27. The monoisotopic (exact) mass is 273 g/mol. The van der Waals surface area contributed by atoms with E-state index in [1.54, 1.807) is 4.68 Å². The van der Waals surface area contributed by atoms with Crippen molar-refractivity contribution in [3.8, 4) is 0 Å². The normalized spacial score (nSPS) is 14.7. The first-order valence-electron chi connectivity index (χ1n) is 6.92. The molecule has 2 heterocycles. The van der Waals surface area contributed by atoms with Gasteiger partial charge in [-0.2, -0.15) is 5.10 Å². The molecule has 20 heavy (non-hydrogen) atoms. The van der Waals surface area contributed by atoms with E-state index in [4.69, 9.17) is 0 Å². The average molecular weight is 273 g/mol. The van der Waals surface area contributed by atoms with Gasteiger partial charge < -0.3 is 10.6 Å². The predicted molar refractivity (Wildman–Crippen MR) is 76.1 cm³/mol. The van der Waals surface area contributed by atoms with Crippen molar-refractivity contribution in [1.29, 1.82) is 0 Å². The minimum Gasteiger partial charge on any atom is -0.352 e. The number of hydrogen-bond donors (Lipinski definition) is 2. The van der Waals surface area contributed by atoms with Gasteiger partial charge in [0.15, 0.2) is 5.65 Å². The van der Waals surface area contributed by atoms with Crippen LogP contribution in [0.4, 0.5) is 0 Å². The van der Waals surface area contributed by atoms with Crippen LogP contribution in [0.2, 0.25) is 0 Å². The lowest BCUT2D eigenvalue weighted by atomic mass is 10.2. The Morgan fingerprint density at radius 1 is 1.50 bits per heavy atom. The first kappa shape index (κ1) is 13.1. The van der Waals surface area contributed by atoms with Gasteiger partial charge in [-0.05, 0) is 31.4 Å². The van der Waals surface area contributed by atoms with Gasteiger partial charge >= 0.3 is 0 Å². The van der Waals surface area contributed by atoms with Crippen LogP contribution in [0.3, 0.4) is 0 Å². The van der Waals surface area contributed by atoms with Crippen molar-refractivity contribution in [2.75, 3.05) is 6.54 Å². The highest BCUT2D eigenvalue weighted by atomic mass is 16.2. The Morgan fingerprint density at radius 2 is 2.30 bits per heavy atom. The van der Waals surface area contributed by atoms with E-state index in [0.717, 1.165) is 35.1 Å². The van der Waals surface area contributed by atoms with Gasteiger partial charge in [0.1, 0.15) is 0 Å². The number of pyridine rings is 1. The summed E-state index contributed by atoms with van der Waals surface area (Å²) >= 11 is 0. The van der Waals surface area contributed by atoms with Crippen molar-refractivity contribution in [3.05, 3.63) is 23.5 Å². The molecular formula is C14H19N5O. The molecule has 0 radical (unpaired) electrons. The summed E-state index contributed by atoms with van der Waals surface area (Å²) in [6.45, 7) is 2.96. The Balaban J connectivity index is 1.59. The van der Waals surface area contributed by atoms with Gasteiger partial charge in [0.05, 0.1) is 12.2 Å². The minimum atomic E-state index is 0.0686. The van der Waals surface area contributed by atoms with Crippen molar-refractivity contribution in [3.63, 3.8) is 0 Å². The summed E-state index contributed by atoms with van der Waals surface area (Å²) < 4.78 is 1.78. The molecule has 1 fully saturated rings. The van der Waals surface area contributed by atoms with Gasteiger partial charge in [-0.1, -0.05) is 0 Å². The number of aryl methyl sites for hydroxylation is 2. The number of nitrogens with zero attached hydrogens (tertiary/aromatic N) is 3. The van der Waals surface area contributed by atoms with Crippen LogP contribution in [-0.4, -0.2) is 33.3 Å². The van der Waals surface area contributed by atoms with E-state index >= 15 is 0 Å². The molecule has 6 nitrogen and oxygen atoms in total. The van der Waals surface area contributed by atoms with Crippen molar-refractivity contribution >= 4 is 16.9 Å². The maximum absolute atomic E-state index is 11.6. The van der Waals surface area contributed by atoms with Crippen LogP contribution in [0.1, 0.15) is 24.1 Å². The van der Waals surface area contributed by atoms with Crippen LogP contribution in [0.25, 0.3) is 11.0 Å². The van der Waals surface area contributed by atoms with Crippen molar-refractivity contribution in [2.45, 2.75) is 32.4 Å². The lowest BCUT2D eigenvalue weighted by Crippen LogP contribution is -2.34. The van der Waals surface area contributed by atoms with Crippen LogP contribution in [-0.2, 0) is 18.4 Å². The van der Waals surface area contributed by atoms with Gasteiger partial charge in [0.25, 0.3) is 0 Å². The maximum atomic E-state index is 11.6. The Hall–Kier alpha value is -1.95. The van der Waals surface area contributed by atoms with E-state index in [9.17, 15) is 4.79 Å². The summed E-state index contributed by atoms with van der Waals surface area (Å²) in [7, 11) is 1.89. The van der Waals surface area contributed by atoms with Crippen molar-refractivity contribution < 1.29 is 4.79 Å². The van der Waals surface area contributed by atoms with Crippen molar-refractivity contribution in [1.82, 2.24) is 25.4 Å². The SMILES string of the molecule is Cc1nn(C)c2ncc(CNCC(=O)NC3CC3)cc12. The Bertz CT molecular complexity index is 644. The molecule has 0 bridgehead atoms. The molecule has 1 saturated carbocycles. The molecule has 0 aromatic carbocycles. The van der Waals surface area contributed by atoms with Gasteiger partial charge in [0, 0.05) is 31.2 Å². The lowest BCUT2D eigenvalue weighted by molar-refractivity contribution is -0.120. The second-order valence-electron chi connectivity index (χ2n) is 5.37. The summed E-state index contributed by atoms with van der Waals surface area (Å²) in [5.41, 5.74) is 2.92. The van der Waals surface area contributed by atoms with E-state index < -0.39 is 0 Å². The summed E-state index contributed by atoms with van der Waals surface area (Å²) in [5, 5.41) is 11.5.